The zero-order chi connectivity index (χ0) is 18.5. The van der Waals surface area contributed by atoms with E-state index >= 15 is 0 Å². The van der Waals surface area contributed by atoms with E-state index in [1.165, 1.54) is 0 Å². The van der Waals surface area contributed by atoms with Crippen LogP contribution in [0.4, 0.5) is 5.69 Å². The normalized spacial score (nSPS) is 15.0. The third kappa shape index (κ3) is 4.29. The van der Waals surface area contributed by atoms with Crippen LogP contribution in [0.25, 0.3) is 0 Å². The fourth-order valence-corrected chi connectivity index (χ4v) is 3.34. The standard InChI is InChI=1S/C19H22Cl2N2O3/c1-24-17-7-6-14(12-18(17)25-2)26-13-22-8-10-23(11-9-22)16-5-3-4-15(20)19(16)21/h3-7,12H,8-11,13H2,1-2H3. The van der Waals surface area contributed by atoms with Crippen LogP contribution in [0.5, 0.6) is 17.2 Å². The van der Waals surface area contributed by atoms with Gasteiger partial charge in [0.25, 0.3) is 0 Å². The van der Waals surface area contributed by atoms with Crippen LogP contribution < -0.4 is 19.1 Å². The molecule has 1 saturated heterocycles. The lowest BCUT2D eigenvalue weighted by atomic mass is 10.2. The smallest absolute Gasteiger partial charge is 0.164 e. The Kier molecular flexibility index (Phi) is 6.35. The lowest BCUT2D eigenvalue weighted by molar-refractivity contribution is 0.119. The van der Waals surface area contributed by atoms with Crippen LogP contribution in [0.15, 0.2) is 36.4 Å². The Hall–Kier alpha value is -1.82. The molecule has 2 aromatic rings. The lowest BCUT2D eigenvalue weighted by Crippen LogP contribution is -2.47. The van der Waals surface area contributed by atoms with Gasteiger partial charge in [-0.25, -0.2) is 0 Å². The molecule has 0 atom stereocenters. The number of anilines is 1. The molecule has 0 spiro atoms. The SMILES string of the molecule is COc1ccc(OCN2CCN(c3cccc(Cl)c3Cl)CC2)cc1OC. The zero-order valence-electron chi connectivity index (χ0n) is 14.9. The number of piperazine rings is 1. The molecule has 0 saturated carbocycles. The minimum atomic E-state index is 0.520. The summed E-state index contributed by atoms with van der Waals surface area (Å²) in [5.41, 5.74) is 0.986. The van der Waals surface area contributed by atoms with Crippen molar-refractivity contribution in [1.29, 1.82) is 0 Å². The molecule has 1 aliphatic rings. The summed E-state index contributed by atoms with van der Waals surface area (Å²) in [4.78, 5) is 4.51. The fraction of sp³-hybridized carbons (Fsp3) is 0.368. The second kappa shape index (κ2) is 8.71. The van der Waals surface area contributed by atoms with Gasteiger partial charge in [0.1, 0.15) is 12.5 Å². The van der Waals surface area contributed by atoms with Gasteiger partial charge < -0.3 is 19.1 Å². The molecule has 0 aliphatic carbocycles. The van der Waals surface area contributed by atoms with Crippen molar-refractivity contribution >= 4 is 28.9 Å². The van der Waals surface area contributed by atoms with Crippen LogP contribution in [0.2, 0.25) is 10.0 Å². The van der Waals surface area contributed by atoms with Crippen LogP contribution in [0, 0.1) is 0 Å². The van der Waals surface area contributed by atoms with E-state index in [1.54, 1.807) is 20.3 Å². The van der Waals surface area contributed by atoms with E-state index in [4.69, 9.17) is 37.4 Å². The summed E-state index contributed by atoms with van der Waals surface area (Å²) in [6.07, 6.45) is 0. The maximum Gasteiger partial charge on any atom is 0.164 e. The Morgan fingerprint density at radius 2 is 1.65 bits per heavy atom. The van der Waals surface area contributed by atoms with E-state index in [2.05, 4.69) is 9.80 Å². The molecule has 0 unspecified atom stereocenters. The minimum Gasteiger partial charge on any atom is -0.493 e. The highest BCUT2D eigenvalue weighted by molar-refractivity contribution is 6.43. The average Bonchev–Trinajstić information content (AvgIpc) is 2.68. The molecule has 140 valence electrons. The Morgan fingerprint density at radius 3 is 2.35 bits per heavy atom. The van der Waals surface area contributed by atoms with Gasteiger partial charge in [-0.3, -0.25) is 4.90 Å². The molecule has 0 N–H and O–H groups in total. The lowest BCUT2D eigenvalue weighted by Gasteiger charge is -2.36. The molecule has 0 radical (unpaired) electrons. The van der Waals surface area contributed by atoms with Gasteiger partial charge in [-0.1, -0.05) is 29.3 Å². The number of rotatable bonds is 6. The number of hydrogen-bond acceptors (Lipinski definition) is 5. The molecule has 1 fully saturated rings. The second-order valence-corrected chi connectivity index (χ2v) is 6.75. The largest absolute Gasteiger partial charge is 0.493 e. The van der Waals surface area contributed by atoms with Gasteiger partial charge in [0.05, 0.1) is 30.0 Å². The summed E-state index contributed by atoms with van der Waals surface area (Å²) in [6, 6.07) is 11.3. The number of benzene rings is 2. The predicted octanol–water partition coefficient (Wildman–Crippen LogP) is 4.17. The summed E-state index contributed by atoms with van der Waals surface area (Å²) in [7, 11) is 3.23. The molecular formula is C19H22Cl2N2O3. The Bertz CT molecular complexity index is 750. The van der Waals surface area contributed by atoms with Gasteiger partial charge in [0.15, 0.2) is 11.5 Å². The monoisotopic (exact) mass is 396 g/mol. The van der Waals surface area contributed by atoms with Crippen molar-refractivity contribution in [1.82, 2.24) is 4.90 Å². The quantitative estimate of drug-likeness (QED) is 0.731. The molecule has 0 aromatic heterocycles. The second-order valence-electron chi connectivity index (χ2n) is 5.97. The summed E-state index contributed by atoms with van der Waals surface area (Å²) >= 11 is 12.4. The summed E-state index contributed by atoms with van der Waals surface area (Å²) in [5.74, 6) is 2.10. The van der Waals surface area contributed by atoms with Gasteiger partial charge in [-0.15, -0.1) is 0 Å². The first-order valence-corrected chi connectivity index (χ1v) is 9.14. The highest BCUT2D eigenvalue weighted by atomic mass is 35.5. The Balaban J connectivity index is 1.54. The molecule has 0 amide bonds. The van der Waals surface area contributed by atoms with Gasteiger partial charge in [0.2, 0.25) is 0 Å². The van der Waals surface area contributed by atoms with E-state index in [-0.39, 0.29) is 0 Å². The third-order valence-corrected chi connectivity index (χ3v) is 5.22. The van der Waals surface area contributed by atoms with Gasteiger partial charge in [-0.2, -0.15) is 0 Å². The molecule has 3 rings (SSSR count). The number of ether oxygens (including phenoxy) is 3. The highest BCUT2D eigenvalue weighted by Crippen LogP contribution is 2.33. The van der Waals surface area contributed by atoms with Crippen molar-refractivity contribution < 1.29 is 14.2 Å². The fourth-order valence-electron chi connectivity index (χ4n) is 2.93. The number of methoxy groups -OCH3 is 2. The van der Waals surface area contributed by atoms with Crippen LogP contribution in [0.3, 0.4) is 0 Å². The van der Waals surface area contributed by atoms with Crippen LogP contribution in [0.1, 0.15) is 0 Å². The van der Waals surface area contributed by atoms with Crippen LogP contribution >= 0.6 is 23.2 Å². The number of hydrogen-bond donors (Lipinski definition) is 0. The predicted molar refractivity (Wildman–Crippen MR) is 105 cm³/mol. The zero-order valence-corrected chi connectivity index (χ0v) is 16.4. The van der Waals surface area contributed by atoms with Crippen LogP contribution in [-0.4, -0.2) is 52.0 Å². The summed E-state index contributed by atoms with van der Waals surface area (Å²) < 4.78 is 16.4. The maximum absolute atomic E-state index is 6.32. The first kappa shape index (κ1) is 19.0. The molecular weight excluding hydrogens is 375 g/mol. The number of nitrogens with zero attached hydrogens (tertiary/aromatic N) is 2. The van der Waals surface area contributed by atoms with Crippen molar-refractivity contribution in [3.8, 4) is 17.2 Å². The molecule has 1 heterocycles. The average molecular weight is 397 g/mol. The Morgan fingerprint density at radius 1 is 0.923 bits per heavy atom. The molecule has 0 bridgehead atoms. The van der Waals surface area contributed by atoms with E-state index in [0.29, 0.717) is 28.3 Å². The first-order valence-electron chi connectivity index (χ1n) is 8.38. The topological polar surface area (TPSA) is 34.2 Å². The minimum absolute atomic E-state index is 0.520. The van der Waals surface area contributed by atoms with Gasteiger partial charge in [0, 0.05) is 32.2 Å². The maximum atomic E-state index is 6.32. The molecule has 5 nitrogen and oxygen atoms in total. The van der Waals surface area contributed by atoms with Crippen molar-refractivity contribution in [2.75, 3.05) is 52.0 Å². The van der Waals surface area contributed by atoms with Crippen molar-refractivity contribution in [2.45, 2.75) is 0 Å². The van der Waals surface area contributed by atoms with Crippen molar-refractivity contribution in [2.24, 2.45) is 0 Å². The van der Waals surface area contributed by atoms with Gasteiger partial charge >= 0.3 is 0 Å². The van der Waals surface area contributed by atoms with Crippen molar-refractivity contribution in [3.63, 3.8) is 0 Å². The molecule has 1 aliphatic heterocycles. The molecule has 7 heteroatoms. The van der Waals surface area contributed by atoms with E-state index in [9.17, 15) is 0 Å². The highest BCUT2D eigenvalue weighted by Gasteiger charge is 2.20. The van der Waals surface area contributed by atoms with Gasteiger partial charge in [-0.05, 0) is 24.3 Å². The summed E-state index contributed by atoms with van der Waals surface area (Å²) in [6.45, 7) is 4.03. The Labute approximate surface area is 164 Å². The number of halogens is 2. The van der Waals surface area contributed by atoms with E-state index in [1.807, 2.05) is 30.3 Å². The van der Waals surface area contributed by atoms with E-state index < -0.39 is 0 Å². The molecule has 26 heavy (non-hydrogen) atoms. The summed E-state index contributed by atoms with van der Waals surface area (Å²) in [5, 5.41) is 1.20. The molecule has 2 aromatic carbocycles. The van der Waals surface area contributed by atoms with Crippen molar-refractivity contribution in [3.05, 3.63) is 46.4 Å². The van der Waals surface area contributed by atoms with E-state index in [0.717, 1.165) is 37.6 Å². The van der Waals surface area contributed by atoms with Crippen LogP contribution in [-0.2, 0) is 0 Å². The first-order chi connectivity index (χ1) is 12.6. The third-order valence-electron chi connectivity index (χ3n) is 4.41.